The SMILES string of the molecule is CC.CC.CC.CC.CC.CC.CC.CC.CC1(C)c2cc3cc4ccccc4cc3cc2-c2c1c1ccccc1c1ccccc21.CC1(C)c2cc3cc4ccccc4cc3cc2-c2cc3ccc4ccccc4c3cc21.CC1(C)c2cc3cc4ccccc4cc3cc2-c2ccc3c(ccc4ccccc43)c21.CC1(C)c2cc3cc4ccccc4cc3cc2-c2ccc3ccc4ccccc4c3c21. The van der Waals surface area contributed by atoms with Crippen LogP contribution in [0.25, 0.3) is 217 Å². The molecule has 0 aromatic heterocycles. The lowest BCUT2D eigenvalue weighted by Crippen LogP contribution is -2.15. The molecule has 0 saturated carbocycles. The minimum Gasteiger partial charge on any atom is -0.0683 e. The van der Waals surface area contributed by atoms with Crippen molar-refractivity contribution in [1.82, 2.24) is 0 Å². The maximum Gasteiger partial charge on any atom is 0.0165 e. The molecule has 4 aliphatic rings. The van der Waals surface area contributed by atoms with Crippen LogP contribution in [0.5, 0.6) is 0 Å². The average molecular weight is 1820 g/mol. The van der Waals surface area contributed by atoms with E-state index in [9.17, 15) is 0 Å². The minimum atomic E-state index is -0.0475. The van der Waals surface area contributed by atoms with E-state index in [2.05, 4.69) is 444 Å². The van der Waals surface area contributed by atoms with Crippen molar-refractivity contribution in [2.24, 2.45) is 0 Å². The minimum absolute atomic E-state index is 0.0182. The number of hydrogen-bond donors (Lipinski definition) is 0. The van der Waals surface area contributed by atoms with Gasteiger partial charge < -0.3 is 0 Å². The molecule has 28 rings (SSSR count). The number of hydrogen-bond acceptors (Lipinski definition) is 0. The van der Waals surface area contributed by atoms with E-state index in [0.29, 0.717) is 0 Å². The van der Waals surface area contributed by atoms with Crippen molar-refractivity contribution in [3.63, 3.8) is 0 Å². The first kappa shape index (κ1) is 97.1. The molecule has 696 valence electrons. The Kier molecular flexibility index (Phi) is 27.8. The van der Waals surface area contributed by atoms with Crippen molar-refractivity contribution in [2.45, 2.75) is 188 Å². The van der Waals surface area contributed by atoms with Gasteiger partial charge in [-0.3, -0.25) is 0 Å². The highest BCUT2D eigenvalue weighted by Gasteiger charge is 2.42. The summed E-state index contributed by atoms with van der Waals surface area (Å²) in [4.78, 5) is 0. The van der Waals surface area contributed by atoms with Gasteiger partial charge in [0.05, 0.1) is 0 Å². The van der Waals surface area contributed by atoms with Gasteiger partial charge in [-0.15, -0.1) is 0 Å². The molecule has 0 bridgehead atoms. The van der Waals surface area contributed by atoms with E-state index < -0.39 is 0 Å². The molecule has 0 spiro atoms. The predicted octanol–water partition coefficient (Wildman–Crippen LogP) is 42.6. The summed E-state index contributed by atoms with van der Waals surface area (Å²) in [5.74, 6) is 0. The van der Waals surface area contributed by atoms with Gasteiger partial charge in [0.1, 0.15) is 0 Å². The molecule has 0 nitrogen and oxygen atoms in total. The summed E-state index contributed by atoms with van der Waals surface area (Å²) in [7, 11) is 0. The van der Waals surface area contributed by atoms with Crippen LogP contribution in [-0.2, 0) is 21.7 Å². The van der Waals surface area contributed by atoms with Crippen molar-refractivity contribution in [1.29, 1.82) is 0 Å². The molecule has 0 saturated heterocycles. The first-order chi connectivity index (χ1) is 68.4. The van der Waals surface area contributed by atoms with E-state index in [-0.39, 0.29) is 21.7 Å². The lowest BCUT2D eigenvalue weighted by atomic mass is 9.79. The Balaban J connectivity index is 0.000000123. The third kappa shape index (κ3) is 16.3. The lowest BCUT2D eigenvalue weighted by Gasteiger charge is -2.24. The van der Waals surface area contributed by atoms with Crippen molar-refractivity contribution in [2.75, 3.05) is 0 Å². The summed E-state index contributed by atoms with van der Waals surface area (Å²) < 4.78 is 0. The molecule has 24 aromatic rings. The molecule has 0 unspecified atom stereocenters. The van der Waals surface area contributed by atoms with Gasteiger partial charge in [-0.1, -0.05) is 445 Å². The molecule has 0 radical (unpaired) electrons. The molecule has 140 heavy (non-hydrogen) atoms. The predicted molar refractivity (Wildman–Crippen MR) is 627 cm³/mol. The van der Waals surface area contributed by atoms with Crippen LogP contribution in [0.2, 0.25) is 0 Å². The molecule has 0 N–H and O–H groups in total. The van der Waals surface area contributed by atoms with Gasteiger partial charge in [-0.05, 0) is 371 Å². The molecule has 0 heterocycles. The third-order valence-corrected chi connectivity index (χ3v) is 29.4. The average Bonchev–Trinajstić information content (AvgIpc) is 1.53. The van der Waals surface area contributed by atoms with Gasteiger partial charge in [-0.2, -0.15) is 0 Å². The Bertz CT molecular complexity index is 8760. The molecule has 0 heteroatoms. The zero-order valence-corrected chi connectivity index (χ0v) is 87.0. The van der Waals surface area contributed by atoms with Crippen molar-refractivity contribution in [3.8, 4) is 44.5 Å². The summed E-state index contributed by atoms with van der Waals surface area (Å²) >= 11 is 0. The Morgan fingerprint density at radius 2 is 0.350 bits per heavy atom. The molecular formula is C140H136. The summed E-state index contributed by atoms with van der Waals surface area (Å²) in [5, 5.41) is 42.6. The van der Waals surface area contributed by atoms with Gasteiger partial charge in [0.15, 0.2) is 0 Å². The van der Waals surface area contributed by atoms with Crippen molar-refractivity contribution >= 4 is 172 Å². The van der Waals surface area contributed by atoms with Gasteiger partial charge in [0.25, 0.3) is 0 Å². The number of benzene rings is 24. The highest BCUT2D eigenvalue weighted by molar-refractivity contribution is 6.21. The first-order valence-corrected chi connectivity index (χ1v) is 52.1. The third-order valence-electron chi connectivity index (χ3n) is 29.4. The second-order valence-corrected chi connectivity index (χ2v) is 37.8. The molecular weight excluding hydrogens is 1680 g/mol. The summed E-state index contributed by atoms with van der Waals surface area (Å²) in [6.45, 7) is 51.1. The maximum absolute atomic E-state index is 2.45. The maximum atomic E-state index is 2.45. The van der Waals surface area contributed by atoms with E-state index >= 15 is 0 Å². The van der Waals surface area contributed by atoms with Gasteiger partial charge in [0.2, 0.25) is 0 Å². The summed E-state index contributed by atoms with van der Waals surface area (Å²) in [6.07, 6.45) is 0. The van der Waals surface area contributed by atoms with Crippen LogP contribution >= 0.6 is 0 Å². The van der Waals surface area contributed by atoms with E-state index in [0.717, 1.165) is 0 Å². The second kappa shape index (κ2) is 40.1. The fourth-order valence-corrected chi connectivity index (χ4v) is 23.3. The van der Waals surface area contributed by atoms with Crippen LogP contribution in [0.1, 0.15) is 211 Å². The Morgan fingerprint density at radius 3 is 0.771 bits per heavy atom. The molecule has 4 aliphatic carbocycles. The monoisotopic (exact) mass is 1820 g/mol. The van der Waals surface area contributed by atoms with Crippen molar-refractivity contribution < 1.29 is 0 Å². The Hall–Kier alpha value is -14.6. The van der Waals surface area contributed by atoms with Gasteiger partial charge in [-0.25, -0.2) is 0 Å². The lowest BCUT2D eigenvalue weighted by molar-refractivity contribution is 0.662. The van der Waals surface area contributed by atoms with Gasteiger partial charge >= 0.3 is 0 Å². The zero-order chi connectivity index (χ0) is 99.0. The van der Waals surface area contributed by atoms with Crippen molar-refractivity contribution in [3.05, 3.63) is 433 Å². The highest BCUT2D eigenvalue weighted by atomic mass is 14.5. The van der Waals surface area contributed by atoms with Crippen LogP contribution in [0, 0.1) is 0 Å². The van der Waals surface area contributed by atoms with Gasteiger partial charge in [0, 0.05) is 21.7 Å². The summed E-state index contributed by atoms with van der Waals surface area (Å²) in [6, 6.07) is 145. The van der Waals surface area contributed by atoms with Crippen LogP contribution in [0.3, 0.4) is 0 Å². The first-order valence-electron chi connectivity index (χ1n) is 52.1. The Morgan fingerprint density at radius 1 is 0.121 bits per heavy atom. The van der Waals surface area contributed by atoms with E-state index in [1.54, 1.807) is 0 Å². The molecule has 0 amide bonds. The summed E-state index contributed by atoms with van der Waals surface area (Å²) in [5.41, 5.74) is 22.6. The van der Waals surface area contributed by atoms with E-state index in [1.165, 1.54) is 261 Å². The molecule has 0 atom stereocenters. The molecule has 0 fully saturated rings. The topological polar surface area (TPSA) is 0 Å². The van der Waals surface area contributed by atoms with Crippen LogP contribution in [0.4, 0.5) is 0 Å². The van der Waals surface area contributed by atoms with E-state index in [1.807, 2.05) is 111 Å². The van der Waals surface area contributed by atoms with Crippen LogP contribution < -0.4 is 0 Å². The largest absolute Gasteiger partial charge is 0.0683 e. The molecule has 0 aliphatic heterocycles. The van der Waals surface area contributed by atoms with Crippen LogP contribution in [0.15, 0.2) is 388 Å². The highest BCUT2D eigenvalue weighted by Crippen LogP contribution is 2.59. The van der Waals surface area contributed by atoms with E-state index in [4.69, 9.17) is 0 Å². The fraction of sp³-hybridized carbons (Fsp3) is 0.200. The number of rotatable bonds is 0. The second-order valence-electron chi connectivity index (χ2n) is 37.8. The molecule has 24 aromatic carbocycles. The quantitative estimate of drug-likeness (QED) is 0.105. The number of fused-ring (bicyclic) bond motifs is 36. The smallest absolute Gasteiger partial charge is 0.0165 e. The fourth-order valence-electron chi connectivity index (χ4n) is 23.3. The Labute approximate surface area is 831 Å². The zero-order valence-electron chi connectivity index (χ0n) is 87.0. The van der Waals surface area contributed by atoms with Crippen LogP contribution in [-0.4, -0.2) is 0 Å². The normalized spacial score (nSPS) is 13.1. The standard InChI is InChI=1S/4C31H22.8C2H6/c1-31(2)28-18-22-16-20-10-4-3-9-19(20)15-21(22)17-27(28)29-25-13-7-5-11-23(25)24-12-6-8-14-26(24)30(29)31;1-31(2)29-17-24-14-21-9-4-3-8-20(21)13-23(24)16-28(29)27-15-22-12-11-19-7-5-6-10-25(19)26(22)18-30(27)31;1-31(2)28-18-24-16-22-9-4-3-8-21(22)15-23(24)17-27(28)26-14-13-20-12-11-19-7-5-6-10-25(19)29(20)30(26)31;1-31(2)29-18-23-16-21-9-4-3-8-20(21)15-22(23)17-28(29)27-14-13-25-24-10-6-5-7-19(24)11-12-26(25)30(27)31;8*1-2/h4*3-18H,1-2H3;8*1-2H3.